The Labute approximate surface area is 118 Å². The topological polar surface area (TPSA) is 38.5 Å². The van der Waals surface area contributed by atoms with Gasteiger partial charge in [-0.1, -0.05) is 6.07 Å². The van der Waals surface area contributed by atoms with Crippen LogP contribution in [-0.2, 0) is 4.74 Å². The first-order chi connectivity index (χ1) is 8.61. The highest BCUT2D eigenvalue weighted by Gasteiger charge is 2.24. The maximum atomic E-state index is 13.2. The van der Waals surface area contributed by atoms with E-state index in [1.807, 2.05) is 6.92 Å². The van der Waals surface area contributed by atoms with Gasteiger partial charge in [-0.25, -0.2) is 8.78 Å². The first kappa shape index (κ1) is 16.3. The lowest BCUT2D eigenvalue weighted by atomic mass is 10.1. The van der Waals surface area contributed by atoms with Crippen LogP contribution in [-0.4, -0.2) is 37.2 Å². The molecule has 0 radical (unpaired) electrons. The number of nitrogens with two attached hydrogens (primary N) is 1. The van der Waals surface area contributed by atoms with E-state index in [0.717, 1.165) is 18.7 Å². The number of benzene rings is 1. The minimum Gasteiger partial charge on any atom is -0.374 e. The molecule has 6 heteroatoms. The molecule has 1 saturated heterocycles. The van der Waals surface area contributed by atoms with Crippen molar-refractivity contribution < 1.29 is 13.5 Å². The van der Waals surface area contributed by atoms with Crippen LogP contribution in [0.4, 0.5) is 8.78 Å². The van der Waals surface area contributed by atoms with Crippen molar-refractivity contribution in [3.63, 3.8) is 0 Å². The van der Waals surface area contributed by atoms with Crippen LogP contribution in [0.25, 0.3) is 0 Å². The molecule has 1 aliphatic heterocycles. The molecule has 2 N–H and O–H groups in total. The van der Waals surface area contributed by atoms with Gasteiger partial charge in [0.15, 0.2) is 11.6 Å². The van der Waals surface area contributed by atoms with Gasteiger partial charge in [-0.2, -0.15) is 0 Å². The van der Waals surface area contributed by atoms with Crippen LogP contribution in [0, 0.1) is 11.6 Å². The summed E-state index contributed by atoms with van der Waals surface area (Å²) in [6.45, 7) is 4.57. The van der Waals surface area contributed by atoms with E-state index in [2.05, 4.69) is 4.90 Å². The van der Waals surface area contributed by atoms with E-state index in [0.29, 0.717) is 13.2 Å². The normalized spacial score (nSPS) is 21.8. The van der Waals surface area contributed by atoms with E-state index in [1.165, 1.54) is 12.1 Å². The highest BCUT2D eigenvalue weighted by Crippen LogP contribution is 2.23. The van der Waals surface area contributed by atoms with Gasteiger partial charge < -0.3 is 10.5 Å². The molecule has 1 aromatic carbocycles. The monoisotopic (exact) mass is 292 g/mol. The summed E-state index contributed by atoms with van der Waals surface area (Å²) in [5.74, 6) is -1.62. The third-order valence-corrected chi connectivity index (χ3v) is 3.41. The smallest absolute Gasteiger partial charge is 0.159 e. The molecule has 0 bridgehead atoms. The number of rotatable bonds is 3. The quantitative estimate of drug-likeness (QED) is 0.927. The number of halogens is 3. The second-order valence-corrected chi connectivity index (χ2v) is 4.57. The minimum absolute atomic E-state index is 0. The molecule has 0 amide bonds. The highest BCUT2D eigenvalue weighted by atomic mass is 35.5. The average Bonchev–Trinajstić information content (AvgIpc) is 2.41. The van der Waals surface area contributed by atoms with E-state index < -0.39 is 11.6 Å². The number of hydrogen-bond acceptors (Lipinski definition) is 3. The van der Waals surface area contributed by atoms with Gasteiger partial charge >= 0.3 is 0 Å². The molecule has 2 atom stereocenters. The molecule has 108 valence electrons. The van der Waals surface area contributed by atoms with E-state index in [-0.39, 0.29) is 24.6 Å². The Kier molecular flexibility index (Phi) is 6.13. The zero-order chi connectivity index (χ0) is 13.1. The molecule has 0 aliphatic carbocycles. The Bertz CT molecular complexity index is 420. The Balaban J connectivity index is 0.00000180. The first-order valence-electron chi connectivity index (χ1n) is 6.12. The summed E-state index contributed by atoms with van der Waals surface area (Å²) in [5, 5.41) is 0. The molecular formula is C13H19ClF2N2O. The second-order valence-electron chi connectivity index (χ2n) is 4.57. The summed E-state index contributed by atoms with van der Waals surface area (Å²) in [6.07, 6.45) is 0.0199. The predicted octanol–water partition coefficient (Wildman–Crippen LogP) is 2.11. The first-order valence-corrected chi connectivity index (χ1v) is 6.12. The van der Waals surface area contributed by atoms with Crippen molar-refractivity contribution in [2.24, 2.45) is 5.73 Å². The zero-order valence-electron chi connectivity index (χ0n) is 10.8. The summed E-state index contributed by atoms with van der Waals surface area (Å²) in [5.41, 5.74) is 6.36. The predicted molar refractivity (Wildman–Crippen MR) is 72.4 cm³/mol. The van der Waals surface area contributed by atoms with Crippen molar-refractivity contribution in [3.05, 3.63) is 35.4 Å². The zero-order valence-corrected chi connectivity index (χ0v) is 11.6. The van der Waals surface area contributed by atoms with Crippen LogP contribution in [0.15, 0.2) is 18.2 Å². The summed E-state index contributed by atoms with van der Waals surface area (Å²) in [7, 11) is 0. The van der Waals surface area contributed by atoms with E-state index in [1.54, 1.807) is 6.07 Å². The molecule has 2 rings (SSSR count). The SMILES string of the molecule is CC(c1ccc(F)c(F)c1)N1CCOC(CN)C1.Cl. The fourth-order valence-electron chi connectivity index (χ4n) is 2.22. The van der Waals surface area contributed by atoms with E-state index >= 15 is 0 Å². The maximum absolute atomic E-state index is 13.2. The number of ether oxygens (including phenoxy) is 1. The van der Waals surface area contributed by atoms with Crippen molar-refractivity contribution in [3.8, 4) is 0 Å². The molecule has 1 aromatic rings. The van der Waals surface area contributed by atoms with Gasteiger partial charge in [0.05, 0.1) is 12.7 Å². The molecule has 0 aromatic heterocycles. The van der Waals surface area contributed by atoms with Crippen LogP contribution in [0.1, 0.15) is 18.5 Å². The van der Waals surface area contributed by atoms with Gasteiger partial charge in [0.2, 0.25) is 0 Å². The lowest BCUT2D eigenvalue weighted by molar-refractivity contribution is -0.0364. The van der Waals surface area contributed by atoms with Crippen LogP contribution >= 0.6 is 12.4 Å². The van der Waals surface area contributed by atoms with Gasteiger partial charge in [0.1, 0.15) is 0 Å². The van der Waals surface area contributed by atoms with E-state index in [9.17, 15) is 8.78 Å². The van der Waals surface area contributed by atoms with Crippen molar-refractivity contribution in [1.29, 1.82) is 0 Å². The number of hydrogen-bond donors (Lipinski definition) is 1. The standard InChI is InChI=1S/C13H18F2N2O.ClH/c1-9(10-2-3-12(14)13(15)6-10)17-4-5-18-11(7-16)8-17;/h2-3,6,9,11H,4-5,7-8,16H2,1H3;1H. The van der Waals surface area contributed by atoms with Crippen LogP contribution in [0.5, 0.6) is 0 Å². The Hall–Kier alpha value is -0.750. The van der Waals surface area contributed by atoms with Crippen molar-refractivity contribution in [2.75, 3.05) is 26.2 Å². The third-order valence-electron chi connectivity index (χ3n) is 3.41. The Morgan fingerprint density at radius 2 is 2.16 bits per heavy atom. The number of nitrogens with zero attached hydrogens (tertiary/aromatic N) is 1. The minimum atomic E-state index is -0.812. The summed E-state index contributed by atoms with van der Waals surface area (Å²) >= 11 is 0. The van der Waals surface area contributed by atoms with Crippen LogP contribution < -0.4 is 5.73 Å². The summed E-state index contributed by atoms with van der Waals surface area (Å²) < 4.78 is 31.6. The van der Waals surface area contributed by atoms with Crippen molar-refractivity contribution >= 4 is 12.4 Å². The Morgan fingerprint density at radius 1 is 1.42 bits per heavy atom. The summed E-state index contributed by atoms with van der Waals surface area (Å²) in [6, 6.07) is 4.07. The molecule has 3 nitrogen and oxygen atoms in total. The molecule has 1 heterocycles. The summed E-state index contributed by atoms with van der Waals surface area (Å²) in [4.78, 5) is 2.17. The molecule has 1 aliphatic rings. The van der Waals surface area contributed by atoms with Gasteiger partial charge in [-0.3, -0.25) is 4.90 Å². The fourth-order valence-corrected chi connectivity index (χ4v) is 2.22. The number of morpholine rings is 1. The Morgan fingerprint density at radius 3 is 2.79 bits per heavy atom. The lowest BCUT2D eigenvalue weighted by Gasteiger charge is -2.36. The molecule has 0 spiro atoms. The average molecular weight is 293 g/mol. The molecule has 19 heavy (non-hydrogen) atoms. The highest BCUT2D eigenvalue weighted by molar-refractivity contribution is 5.85. The maximum Gasteiger partial charge on any atom is 0.159 e. The third kappa shape index (κ3) is 3.86. The van der Waals surface area contributed by atoms with Gasteiger partial charge in [-0.15, -0.1) is 12.4 Å². The van der Waals surface area contributed by atoms with Gasteiger partial charge in [-0.05, 0) is 24.6 Å². The van der Waals surface area contributed by atoms with Gasteiger partial charge in [0.25, 0.3) is 0 Å². The van der Waals surface area contributed by atoms with Crippen molar-refractivity contribution in [2.45, 2.75) is 19.1 Å². The largest absolute Gasteiger partial charge is 0.374 e. The van der Waals surface area contributed by atoms with Crippen molar-refractivity contribution in [1.82, 2.24) is 4.90 Å². The lowest BCUT2D eigenvalue weighted by Crippen LogP contribution is -2.46. The van der Waals surface area contributed by atoms with Crippen LogP contribution in [0.2, 0.25) is 0 Å². The fraction of sp³-hybridized carbons (Fsp3) is 0.538. The van der Waals surface area contributed by atoms with Crippen LogP contribution in [0.3, 0.4) is 0 Å². The second kappa shape index (κ2) is 7.14. The molecule has 2 unspecified atom stereocenters. The molecular weight excluding hydrogens is 274 g/mol. The van der Waals surface area contributed by atoms with E-state index in [4.69, 9.17) is 10.5 Å². The molecule has 1 fully saturated rings. The van der Waals surface area contributed by atoms with Gasteiger partial charge in [0, 0.05) is 25.7 Å². The molecule has 0 saturated carbocycles.